The molecular weight excluding hydrogens is 497 g/mol. The van der Waals surface area contributed by atoms with Crippen LogP contribution in [0.1, 0.15) is 36.3 Å². The van der Waals surface area contributed by atoms with Gasteiger partial charge in [0.1, 0.15) is 6.20 Å². The summed E-state index contributed by atoms with van der Waals surface area (Å²) in [5.74, 6) is 2.20. The van der Waals surface area contributed by atoms with Crippen molar-refractivity contribution in [1.29, 1.82) is 0 Å². The Hall–Kier alpha value is -3.25. The van der Waals surface area contributed by atoms with E-state index in [1.807, 2.05) is 0 Å². The molecule has 1 unspecified atom stereocenters. The summed E-state index contributed by atoms with van der Waals surface area (Å²) in [4.78, 5) is 36.2. The fraction of sp³-hybridized carbons (Fsp3) is 0.350. The van der Waals surface area contributed by atoms with E-state index in [2.05, 4.69) is 15.3 Å². The van der Waals surface area contributed by atoms with E-state index in [0.717, 1.165) is 10.9 Å². The Balaban J connectivity index is 1.49. The maximum atomic E-state index is 13.4. The van der Waals surface area contributed by atoms with E-state index in [0.29, 0.717) is 28.6 Å². The van der Waals surface area contributed by atoms with E-state index in [1.54, 1.807) is 0 Å². The number of alkyl halides is 2. The summed E-state index contributed by atoms with van der Waals surface area (Å²) in [5, 5.41) is 10.0. The molecule has 1 aromatic carbocycles. The van der Waals surface area contributed by atoms with Crippen LogP contribution in [0.15, 0.2) is 32.7 Å². The Morgan fingerprint density at radius 1 is 1.18 bits per heavy atom. The van der Waals surface area contributed by atoms with Crippen LogP contribution in [-0.4, -0.2) is 30.6 Å². The number of aromatic amines is 1. The van der Waals surface area contributed by atoms with Gasteiger partial charge in [0.15, 0.2) is 5.75 Å². The fourth-order valence-corrected chi connectivity index (χ4v) is 5.11. The first-order valence-electron chi connectivity index (χ1n) is 10.2. The van der Waals surface area contributed by atoms with Crippen molar-refractivity contribution in [3.63, 3.8) is 0 Å². The van der Waals surface area contributed by atoms with Gasteiger partial charge in [0.25, 0.3) is 11.1 Å². The lowest BCUT2D eigenvalue weighted by molar-refractivity contribution is -0.117. The minimum Gasteiger partial charge on any atom is -0.434 e. The third-order valence-corrected chi connectivity index (χ3v) is 6.75. The molecule has 2 aromatic heterocycles. The molecule has 0 radical (unpaired) electrons. The lowest BCUT2D eigenvalue weighted by Gasteiger charge is -2.38. The van der Waals surface area contributed by atoms with E-state index >= 15 is 0 Å². The molecule has 0 aliphatic heterocycles. The zero-order valence-corrected chi connectivity index (χ0v) is 18.7. The third kappa shape index (κ3) is 3.66. The molecular formula is C20H16Cl2F2N6O4. The van der Waals surface area contributed by atoms with Crippen molar-refractivity contribution >= 4 is 23.2 Å². The second kappa shape index (κ2) is 7.91. The summed E-state index contributed by atoms with van der Waals surface area (Å²) >= 11 is 12.7. The van der Waals surface area contributed by atoms with Crippen molar-refractivity contribution in [1.82, 2.24) is 24.7 Å². The molecule has 10 nitrogen and oxygen atoms in total. The van der Waals surface area contributed by atoms with Crippen LogP contribution in [0.25, 0.3) is 5.69 Å². The molecule has 1 fully saturated rings. The van der Waals surface area contributed by atoms with Gasteiger partial charge in [0.05, 0.1) is 15.7 Å². The average Bonchev–Trinajstić information content (AvgIpc) is 3.20. The first-order chi connectivity index (χ1) is 16.1. The molecule has 0 bridgehead atoms. The number of aromatic nitrogens is 5. The Morgan fingerprint density at radius 2 is 1.85 bits per heavy atom. The second-order valence-electron chi connectivity index (χ2n) is 8.31. The summed E-state index contributed by atoms with van der Waals surface area (Å²) in [6.45, 7) is 0. The van der Waals surface area contributed by atoms with Gasteiger partial charge in [-0.15, -0.1) is 5.10 Å². The molecule has 1 atom stereocenters. The van der Waals surface area contributed by atoms with Gasteiger partial charge in [0, 0.05) is 24.0 Å². The van der Waals surface area contributed by atoms with Gasteiger partial charge in [0.2, 0.25) is 11.8 Å². The minimum atomic E-state index is -2.69. The second-order valence-corrected chi connectivity index (χ2v) is 9.12. The van der Waals surface area contributed by atoms with Gasteiger partial charge in [-0.3, -0.25) is 9.59 Å². The summed E-state index contributed by atoms with van der Waals surface area (Å²) in [7, 11) is 0. The normalized spacial score (nSPS) is 19.0. The predicted molar refractivity (Wildman–Crippen MR) is 118 cm³/mol. The monoisotopic (exact) mass is 512 g/mol. The molecule has 2 aliphatic carbocycles. The Labute approximate surface area is 198 Å². The summed E-state index contributed by atoms with van der Waals surface area (Å²) in [6.07, 6.45) is 1.31. The minimum absolute atomic E-state index is 0.00146. The van der Waals surface area contributed by atoms with Gasteiger partial charge >= 0.3 is 5.69 Å². The molecule has 2 aliphatic rings. The number of nitrogens with two attached hydrogens (primary N) is 1. The van der Waals surface area contributed by atoms with Gasteiger partial charge in [-0.2, -0.15) is 14.5 Å². The van der Waals surface area contributed by atoms with Crippen molar-refractivity contribution in [2.45, 2.75) is 37.5 Å². The number of halogens is 4. The maximum absolute atomic E-state index is 13.4. The zero-order chi connectivity index (χ0) is 24.4. The van der Waals surface area contributed by atoms with E-state index in [9.17, 15) is 23.2 Å². The molecule has 0 saturated heterocycles. The van der Waals surface area contributed by atoms with Gasteiger partial charge in [-0.05, 0) is 36.8 Å². The number of nitrogen functional groups attached to an aromatic ring is 1. The summed E-state index contributed by atoms with van der Waals surface area (Å²) in [6, 6.07) is 2.65. The fourth-order valence-electron chi connectivity index (χ4n) is 4.56. The first-order valence-corrected chi connectivity index (χ1v) is 10.9. The number of hydrogen-bond donors (Lipinski definition) is 2. The highest BCUT2D eigenvalue weighted by atomic mass is 35.5. The van der Waals surface area contributed by atoms with Crippen LogP contribution in [-0.2, 0) is 6.42 Å². The van der Waals surface area contributed by atoms with Gasteiger partial charge in [-0.25, -0.2) is 18.7 Å². The predicted octanol–water partition coefficient (Wildman–Crippen LogP) is 2.37. The highest BCUT2D eigenvalue weighted by molar-refractivity contribution is 6.37. The summed E-state index contributed by atoms with van der Waals surface area (Å²) < 4.78 is 33.8. The number of H-pyrrole nitrogens is 1. The van der Waals surface area contributed by atoms with Gasteiger partial charge < -0.3 is 10.6 Å². The molecule has 0 spiro atoms. The molecule has 14 heteroatoms. The Morgan fingerprint density at radius 3 is 2.50 bits per heavy atom. The van der Waals surface area contributed by atoms with Crippen LogP contribution >= 0.6 is 23.2 Å². The Bertz CT molecular complexity index is 1470. The molecule has 1 saturated carbocycles. The Kier molecular flexibility index (Phi) is 5.24. The number of hydrogen-bond acceptors (Lipinski definition) is 7. The molecule has 178 valence electrons. The van der Waals surface area contributed by atoms with Crippen LogP contribution in [0.5, 0.6) is 11.6 Å². The van der Waals surface area contributed by atoms with E-state index in [1.165, 1.54) is 12.1 Å². The SMILES string of the molecule is Nn1c(=O)cnn(-c2cc(Cl)c(Oc3n[nH]c(=O)c4c3CCC4C3CC(F)(F)C3)c(Cl)c2)c1=O. The van der Waals surface area contributed by atoms with E-state index in [-0.39, 0.29) is 52.0 Å². The lowest BCUT2D eigenvalue weighted by atomic mass is 9.71. The topological polar surface area (TPSA) is 138 Å². The number of rotatable bonds is 4. The van der Waals surface area contributed by atoms with E-state index in [4.69, 9.17) is 33.8 Å². The quantitative estimate of drug-likeness (QED) is 0.511. The van der Waals surface area contributed by atoms with Crippen LogP contribution < -0.4 is 27.4 Å². The molecule has 0 amide bonds. The smallest absolute Gasteiger partial charge is 0.370 e. The third-order valence-electron chi connectivity index (χ3n) is 6.19. The number of nitrogens with one attached hydrogen (secondary N) is 1. The van der Waals surface area contributed by atoms with Crippen molar-refractivity contribution in [3.8, 4) is 17.3 Å². The first kappa shape index (κ1) is 22.5. The van der Waals surface area contributed by atoms with Crippen molar-refractivity contribution in [2.75, 3.05) is 5.84 Å². The average molecular weight is 513 g/mol. The number of benzene rings is 1. The molecule has 34 heavy (non-hydrogen) atoms. The maximum Gasteiger partial charge on any atom is 0.370 e. The highest BCUT2D eigenvalue weighted by Gasteiger charge is 2.50. The van der Waals surface area contributed by atoms with Crippen molar-refractivity contribution in [2.24, 2.45) is 5.92 Å². The van der Waals surface area contributed by atoms with Gasteiger partial charge in [-0.1, -0.05) is 23.2 Å². The van der Waals surface area contributed by atoms with Crippen LogP contribution in [0.4, 0.5) is 8.78 Å². The zero-order valence-electron chi connectivity index (χ0n) is 17.2. The number of fused-ring (bicyclic) bond motifs is 1. The van der Waals surface area contributed by atoms with Crippen LogP contribution in [0.2, 0.25) is 10.0 Å². The summed E-state index contributed by atoms with van der Waals surface area (Å²) in [5.41, 5.74) is -1.10. The standard InChI is InChI=1S/C20H16Cl2F2N6O4/c21-12-3-9(30-19(33)29(25)14(31)7-26-30)4-13(22)16(12)34-18-11-2-1-10(8-5-20(23,24)6-8)15(11)17(32)27-28-18/h3-4,7-8,10H,1-2,5-6,25H2,(H,27,32). The van der Waals surface area contributed by atoms with E-state index < -0.39 is 22.7 Å². The molecule has 3 aromatic rings. The highest BCUT2D eigenvalue weighted by Crippen LogP contribution is 2.53. The largest absolute Gasteiger partial charge is 0.434 e. The van der Waals surface area contributed by atoms with Crippen molar-refractivity contribution in [3.05, 3.63) is 70.7 Å². The van der Waals surface area contributed by atoms with Crippen LogP contribution in [0.3, 0.4) is 0 Å². The number of ether oxygens (including phenoxy) is 1. The molecule has 2 heterocycles. The van der Waals surface area contributed by atoms with Crippen molar-refractivity contribution < 1.29 is 13.5 Å². The number of nitrogens with zero attached hydrogens (tertiary/aromatic N) is 4. The van der Waals surface area contributed by atoms with Crippen LogP contribution in [0, 0.1) is 5.92 Å². The molecule has 3 N–H and O–H groups in total. The lowest BCUT2D eigenvalue weighted by Crippen LogP contribution is -2.44. The molecule has 5 rings (SSSR count).